The van der Waals surface area contributed by atoms with Gasteiger partial charge in [0.2, 0.25) is 0 Å². The topological polar surface area (TPSA) is 41.1 Å². The van der Waals surface area contributed by atoms with Gasteiger partial charge in [0.1, 0.15) is 0 Å². The summed E-state index contributed by atoms with van der Waals surface area (Å²) in [5.41, 5.74) is 3.19. The highest BCUT2D eigenvalue weighted by atomic mass is 16.1. The SMILES string of the molecule is CCC(C)CNC(=O)c1ccc2c(c1)CCN2. The number of nitrogens with one attached hydrogen (secondary N) is 2. The number of carbonyl (C=O) groups is 1. The summed E-state index contributed by atoms with van der Waals surface area (Å²) in [4.78, 5) is 11.9. The smallest absolute Gasteiger partial charge is 0.251 e. The minimum atomic E-state index is 0.0417. The van der Waals surface area contributed by atoms with E-state index in [0.29, 0.717) is 5.92 Å². The van der Waals surface area contributed by atoms with Gasteiger partial charge in [0.15, 0.2) is 0 Å². The predicted molar refractivity (Wildman–Crippen MR) is 70.4 cm³/mol. The Morgan fingerprint density at radius 3 is 3.12 bits per heavy atom. The molecule has 0 saturated carbocycles. The van der Waals surface area contributed by atoms with E-state index in [4.69, 9.17) is 0 Å². The molecule has 1 amide bonds. The average molecular weight is 232 g/mol. The predicted octanol–water partition coefficient (Wildman–Crippen LogP) is 2.43. The molecule has 0 aliphatic carbocycles. The number of rotatable bonds is 4. The van der Waals surface area contributed by atoms with Crippen LogP contribution in [0, 0.1) is 5.92 Å². The van der Waals surface area contributed by atoms with E-state index in [0.717, 1.165) is 31.5 Å². The molecule has 1 heterocycles. The molecule has 3 heteroatoms. The quantitative estimate of drug-likeness (QED) is 0.837. The molecule has 1 unspecified atom stereocenters. The Morgan fingerprint density at radius 1 is 1.53 bits per heavy atom. The van der Waals surface area contributed by atoms with Gasteiger partial charge < -0.3 is 10.6 Å². The lowest BCUT2D eigenvalue weighted by molar-refractivity contribution is 0.0948. The van der Waals surface area contributed by atoms with Gasteiger partial charge in [-0.3, -0.25) is 4.79 Å². The molecule has 0 bridgehead atoms. The fraction of sp³-hybridized carbons (Fsp3) is 0.500. The van der Waals surface area contributed by atoms with Crippen molar-refractivity contribution < 1.29 is 4.79 Å². The molecule has 0 fully saturated rings. The lowest BCUT2D eigenvalue weighted by Crippen LogP contribution is -2.28. The van der Waals surface area contributed by atoms with Crippen LogP contribution in [0.3, 0.4) is 0 Å². The maximum Gasteiger partial charge on any atom is 0.251 e. The Kier molecular flexibility index (Phi) is 3.67. The van der Waals surface area contributed by atoms with Crippen molar-refractivity contribution in [1.82, 2.24) is 5.32 Å². The van der Waals surface area contributed by atoms with Crippen molar-refractivity contribution in [2.75, 3.05) is 18.4 Å². The van der Waals surface area contributed by atoms with E-state index >= 15 is 0 Å². The van der Waals surface area contributed by atoms with Crippen molar-refractivity contribution in [3.8, 4) is 0 Å². The van der Waals surface area contributed by atoms with Crippen LogP contribution in [-0.4, -0.2) is 19.0 Å². The van der Waals surface area contributed by atoms with Crippen molar-refractivity contribution in [2.24, 2.45) is 5.92 Å². The van der Waals surface area contributed by atoms with Crippen LogP contribution in [0.15, 0.2) is 18.2 Å². The third-order valence-electron chi connectivity index (χ3n) is 3.39. The lowest BCUT2D eigenvalue weighted by Gasteiger charge is -2.10. The molecule has 0 radical (unpaired) electrons. The summed E-state index contributed by atoms with van der Waals surface area (Å²) in [5.74, 6) is 0.579. The van der Waals surface area contributed by atoms with Gasteiger partial charge in [-0.15, -0.1) is 0 Å². The summed E-state index contributed by atoms with van der Waals surface area (Å²) in [5, 5.41) is 6.28. The molecule has 1 aromatic rings. The molecular formula is C14H20N2O. The molecule has 1 atom stereocenters. The summed E-state index contributed by atoms with van der Waals surface area (Å²) < 4.78 is 0. The minimum Gasteiger partial charge on any atom is -0.384 e. The van der Waals surface area contributed by atoms with Crippen LogP contribution in [0.25, 0.3) is 0 Å². The molecule has 1 aromatic carbocycles. The van der Waals surface area contributed by atoms with Crippen molar-refractivity contribution in [2.45, 2.75) is 26.7 Å². The molecule has 3 nitrogen and oxygen atoms in total. The Hall–Kier alpha value is -1.51. The van der Waals surface area contributed by atoms with Gasteiger partial charge in [-0.25, -0.2) is 0 Å². The third kappa shape index (κ3) is 2.78. The van der Waals surface area contributed by atoms with Crippen LogP contribution in [0.4, 0.5) is 5.69 Å². The van der Waals surface area contributed by atoms with Crippen LogP contribution in [0.2, 0.25) is 0 Å². The van der Waals surface area contributed by atoms with E-state index < -0.39 is 0 Å². The number of hydrogen-bond donors (Lipinski definition) is 2. The van der Waals surface area contributed by atoms with Gasteiger partial charge in [0, 0.05) is 24.3 Å². The second-order valence-electron chi connectivity index (χ2n) is 4.77. The van der Waals surface area contributed by atoms with Gasteiger partial charge in [-0.05, 0) is 36.1 Å². The van der Waals surface area contributed by atoms with Crippen LogP contribution in [-0.2, 0) is 6.42 Å². The molecule has 1 aliphatic rings. The zero-order valence-electron chi connectivity index (χ0n) is 10.5. The molecule has 0 aromatic heterocycles. The van der Waals surface area contributed by atoms with Crippen molar-refractivity contribution in [3.05, 3.63) is 29.3 Å². The van der Waals surface area contributed by atoms with Crippen LogP contribution in [0.5, 0.6) is 0 Å². The van der Waals surface area contributed by atoms with Crippen LogP contribution >= 0.6 is 0 Å². The number of benzene rings is 1. The molecule has 1 aliphatic heterocycles. The maximum absolute atomic E-state index is 11.9. The molecule has 0 spiro atoms. The summed E-state index contributed by atoms with van der Waals surface area (Å²) in [6.07, 6.45) is 2.11. The van der Waals surface area contributed by atoms with E-state index in [2.05, 4.69) is 24.5 Å². The van der Waals surface area contributed by atoms with E-state index in [-0.39, 0.29) is 5.91 Å². The summed E-state index contributed by atoms with van der Waals surface area (Å²) in [6.45, 7) is 6.02. The highest BCUT2D eigenvalue weighted by molar-refractivity contribution is 5.95. The zero-order chi connectivity index (χ0) is 12.3. The number of carbonyl (C=O) groups excluding carboxylic acids is 1. The minimum absolute atomic E-state index is 0.0417. The van der Waals surface area contributed by atoms with E-state index in [1.165, 1.54) is 11.3 Å². The van der Waals surface area contributed by atoms with E-state index in [9.17, 15) is 4.79 Å². The van der Waals surface area contributed by atoms with Gasteiger partial charge in [0.25, 0.3) is 5.91 Å². The molecular weight excluding hydrogens is 212 g/mol. The zero-order valence-corrected chi connectivity index (χ0v) is 10.5. The number of hydrogen-bond acceptors (Lipinski definition) is 2. The second-order valence-corrected chi connectivity index (χ2v) is 4.77. The van der Waals surface area contributed by atoms with E-state index in [1.54, 1.807) is 0 Å². The van der Waals surface area contributed by atoms with Gasteiger partial charge >= 0.3 is 0 Å². The van der Waals surface area contributed by atoms with Crippen molar-refractivity contribution >= 4 is 11.6 Å². The lowest BCUT2D eigenvalue weighted by atomic mass is 10.1. The monoisotopic (exact) mass is 232 g/mol. The normalized spacial score (nSPS) is 14.9. The fourth-order valence-electron chi connectivity index (χ4n) is 1.96. The van der Waals surface area contributed by atoms with Gasteiger partial charge in [-0.1, -0.05) is 20.3 Å². The van der Waals surface area contributed by atoms with Crippen LogP contribution < -0.4 is 10.6 Å². The standard InChI is InChI=1S/C14H20N2O/c1-3-10(2)9-16-14(17)12-4-5-13-11(8-12)6-7-15-13/h4-5,8,10,15H,3,6-7,9H2,1-2H3,(H,16,17). The number of amides is 1. The third-order valence-corrected chi connectivity index (χ3v) is 3.39. The Balaban J connectivity index is 2.00. The molecule has 2 N–H and O–H groups in total. The Bertz CT molecular complexity index is 415. The van der Waals surface area contributed by atoms with Crippen LogP contribution in [0.1, 0.15) is 36.2 Å². The van der Waals surface area contributed by atoms with Crippen molar-refractivity contribution in [3.63, 3.8) is 0 Å². The molecule has 17 heavy (non-hydrogen) atoms. The number of fused-ring (bicyclic) bond motifs is 1. The first-order chi connectivity index (χ1) is 8.20. The Labute approximate surface area is 103 Å². The summed E-state index contributed by atoms with van der Waals surface area (Å²) >= 11 is 0. The van der Waals surface area contributed by atoms with Crippen molar-refractivity contribution in [1.29, 1.82) is 0 Å². The fourth-order valence-corrected chi connectivity index (χ4v) is 1.96. The first-order valence-corrected chi connectivity index (χ1v) is 6.35. The van der Waals surface area contributed by atoms with Gasteiger partial charge in [0.05, 0.1) is 0 Å². The molecule has 92 valence electrons. The first kappa shape index (κ1) is 12.0. The molecule has 0 saturated heterocycles. The molecule has 2 rings (SSSR count). The second kappa shape index (κ2) is 5.21. The Morgan fingerprint density at radius 2 is 2.35 bits per heavy atom. The van der Waals surface area contributed by atoms with E-state index in [1.807, 2.05) is 18.2 Å². The summed E-state index contributed by atoms with van der Waals surface area (Å²) in [7, 11) is 0. The summed E-state index contributed by atoms with van der Waals surface area (Å²) in [6, 6.07) is 5.89. The van der Waals surface area contributed by atoms with Gasteiger partial charge in [-0.2, -0.15) is 0 Å². The maximum atomic E-state index is 11.9. The average Bonchev–Trinajstić information content (AvgIpc) is 2.82. The highest BCUT2D eigenvalue weighted by Gasteiger charge is 2.13. The highest BCUT2D eigenvalue weighted by Crippen LogP contribution is 2.22. The largest absolute Gasteiger partial charge is 0.384 e. The number of anilines is 1. The first-order valence-electron chi connectivity index (χ1n) is 6.35.